The van der Waals surface area contributed by atoms with Gasteiger partial charge in [0.2, 0.25) is 0 Å². The molecule has 17 heavy (non-hydrogen) atoms. The summed E-state index contributed by atoms with van der Waals surface area (Å²) in [6.45, 7) is 3.91. The third kappa shape index (κ3) is 3.00. The quantitative estimate of drug-likeness (QED) is 0.819. The first-order chi connectivity index (χ1) is 8.04. The van der Waals surface area contributed by atoms with Crippen molar-refractivity contribution in [2.24, 2.45) is 0 Å². The van der Waals surface area contributed by atoms with Gasteiger partial charge in [0.15, 0.2) is 5.16 Å². The van der Waals surface area contributed by atoms with Crippen molar-refractivity contribution in [3.8, 4) is 0 Å². The largest absolute Gasteiger partial charge is 0.481 e. The van der Waals surface area contributed by atoms with Crippen LogP contribution in [0.15, 0.2) is 23.4 Å². The van der Waals surface area contributed by atoms with E-state index in [0.717, 1.165) is 16.2 Å². The molecule has 2 aromatic rings. The molecule has 2 rings (SSSR count). The van der Waals surface area contributed by atoms with Crippen LogP contribution in [0.1, 0.15) is 18.9 Å². The first-order valence-electron chi connectivity index (χ1n) is 5.39. The summed E-state index contributed by atoms with van der Waals surface area (Å²) in [6, 6.07) is 6.01. The topological polar surface area (TPSA) is 66.0 Å². The van der Waals surface area contributed by atoms with E-state index in [4.69, 9.17) is 5.11 Å². The van der Waals surface area contributed by atoms with Crippen LogP contribution in [-0.4, -0.2) is 26.3 Å². The highest BCUT2D eigenvalue weighted by Crippen LogP contribution is 2.25. The zero-order valence-corrected chi connectivity index (χ0v) is 10.5. The molecule has 1 aromatic heterocycles. The lowest BCUT2D eigenvalue weighted by molar-refractivity contribution is -0.136. The molecule has 5 heteroatoms. The third-order valence-corrected chi connectivity index (χ3v) is 3.38. The Hall–Kier alpha value is -1.49. The number of imidazole rings is 1. The summed E-state index contributed by atoms with van der Waals surface area (Å²) < 4.78 is 0. The molecular weight excluding hydrogens is 236 g/mol. The number of nitrogens with one attached hydrogen (secondary N) is 1. The van der Waals surface area contributed by atoms with E-state index in [9.17, 15) is 4.79 Å². The van der Waals surface area contributed by atoms with Gasteiger partial charge >= 0.3 is 5.97 Å². The molecule has 0 fully saturated rings. The molecule has 0 spiro atoms. The van der Waals surface area contributed by atoms with E-state index < -0.39 is 5.97 Å². The van der Waals surface area contributed by atoms with E-state index in [0.29, 0.717) is 0 Å². The SMILES string of the molecule is Cc1ccc2nc(SC(C)CC(=O)O)[nH]c2c1. The lowest BCUT2D eigenvalue weighted by atomic mass is 10.2. The summed E-state index contributed by atoms with van der Waals surface area (Å²) in [6.07, 6.45) is 0.140. The maximum atomic E-state index is 10.6. The van der Waals surface area contributed by atoms with Crippen molar-refractivity contribution in [1.82, 2.24) is 9.97 Å². The summed E-state index contributed by atoms with van der Waals surface area (Å²) in [4.78, 5) is 18.2. The number of carboxylic acids is 1. The molecule has 1 atom stereocenters. The molecule has 0 aliphatic carbocycles. The van der Waals surface area contributed by atoms with Crippen molar-refractivity contribution in [1.29, 1.82) is 0 Å². The van der Waals surface area contributed by atoms with Gasteiger partial charge in [-0.2, -0.15) is 0 Å². The van der Waals surface area contributed by atoms with Gasteiger partial charge in [0, 0.05) is 5.25 Å². The van der Waals surface area contributed by atoms with Crippen LogP contribution in [0.4, 0.5) is 0 Å². The maximum absolute atomic E-state index is 10.6. The molecule has 0 saturated carbocycles. The molecule has 4 nitrogen and oxygen atoms in total. The fourth-order valence-electron chi connectivity index (χ4n) is 1.63. The Labute approximate surface area is 103 Å². The third-order valence-electron chi connectivity index (χ3n) is 2.39. The Kier molecular flexibility index (Phi) is 3.38. The number of hydrogen-bond acceptors (Lipinski definition) is 3. The van der Waals surface area contributed by atoms with Gasteiger partial charge < -0.3 is 10.1 Å². The van der Waals surface area contributed by atoms with Crippen molar-refractivity contribution < 1.29 is 9.90 Å². The average Bonchev–Trinajstić information content (AvgIpc) is 2.57. The van der Waals surface area contributed by atoms with E-state index in [2.05, 4.69) is 9.97 Å². The van der Waals surface area contributed by atoms with Gasteiger partial charge in [-0.05, 0) is 24.6 Å². The van der Waals surface area contributed by atoms with Crippen LogP contribution < -0.4 is 0 Å². The number of thioether (sulfide) groups is 1. The molecule has 1 aromatic carbocycles. The number of rotatable bonds is 4. The molecule has 0 aliphatic heterocycles. The first-order valence-corrected chi connectivity index (χ1v) is 6.27. The molecule has 2 N–H and O–H groups in total. The summed E-state index contributed by atoms with van der Waals surface area (Å²) >= 11 is 1.46. The number of carboxylic acid groups (broad SMARTS) is 1. The summed E-state index contributed by atoms with van der Waals surface area (Å²) in [5, 5.41) is 9.48. The molecule has 0 amide bonds. The van der Waals surface area contributed by atoms with E-state index in [1.165, 1.54) is 17.3 Å². The second kappa shape index (κ2) is 4.79. The van der Waals surface area contributed by atoms with Gasteiger partial charge in [-0.15, -0.1) is 0 Å². The Morgan fingerprint density at radius 2 is 2.35 bits per heavy atom. The monoisotopic (exact) mass is 250 g/mol. The standard InChI is InChI=1S/C12H14N2O2S/c1-7-3-4-9-10(5-7)14-12(13-9)17-8(2)6-11(15)16/h3-5,8H,6H2,1-2H3,(H,13,14)(H,15,16). The predicted octanol–water partition coefficient (Wildman–Crippen LogP) is 2.83. The highest BCUT2D eigenvalue weighted by Gasteiger charge is 2.12. The summed E-state index contributed by atoms with van der Waals surface area (Å²) in [5.41, 5.74) is 3.09. The van der Waals surface area contributed by atoms with Crippen LogP contribution >= 0.6 is 11.8 Å². The Morgan fingerprint density at radius 1 is 1.59 bits per heavy atom. The minimum absolute atomic E-state index is 0.00848. The number of fused-ring (bicyclic) bond motifs is 1. The number of aliphatic carboxylic acids is 1. The second-order valence-corrected chi connectivity index (χ2v) is 5.52. The maximum Gasteiger partial charge on any atom is 0.304 e. The molecule has 1 heterocycles. The number of aromatic amines is 1. The minimum Gasteiger partial charge on any atom is -0.481 e. The van der Waals surface area contributed by atoms with Crippen LogP contribution in [0, 0.1) is 6.92 Å². The fourth-order valence-corrected chi connectivity index (χ4v) is 2.56. The lowest BCUT2D eigenvalue weighted by Crippen LogP contribution is -2.05. The first kappa shape index (κ1) is 12.0. The zero-order valence-electron chi connectivity index (χ0n) is 9.73. The number of H-pyrrole nitrogens is 1. The van der Waals surface area contributed by atoms with E-state index in [-0.39, 0.29) is 11.7 Å². The molecule has 0 saturated heterocycles. The zero-order chi connectivity index (χ0) is 12.4. The fraction of sp³-hybridized carbons (Fsp3) is 0.333. The normalized spacial score (nSPS) is 12.8. The van der Waals surface area contributed by atoms with Crippen LogP contribution in [0.3, 0.4) is 0 Å². The number of carbonyl (C=O) groups is 1. The van der Waals surface area contributed by atoms with Gasteiger partial charge in [-0.25, -0.2) is 4.98 Å². The molecular formula is C12H14N2O2S. The van der Waals surface area contributed by atoms with Crippen molar-refractivity contribution in [3.05, 3.63) is 23.8 Å². The van der Waals surface area contributed by atoms with Crippen LogP contribution in [0.25, 0.3) is 11.0 Å². The van der Waals surface area contributed by atoms with E-state index in [1.807, 2.05) is 32.0 Å². The number of hydrogen-bond donors (Lipinski definition) is 2. The highest BCUT2D eigenvalue weighted by atomic mass is 32.2. The minimum atomic E-state index is -0.781. The summed E-state index contributed by atoms with van der Waals surface area (Å²) in [5.74, 6) is -0.781. The van der Waals surface area contributed by atoms with Gasteiger partial charge in [-0.1, -0.05) is 24.8 Å². The van der Waals surface area contributed by atoms with Crippen molar-refractivity contribution in [2.45, 2.75) is 30.7 Å². The Morgan fingerprint density at radius 3 is 3.06 bits per heavy atom. The van der Waals surface area contributed by atoms with Gasteiger partial charge in [0.1, 0.15) is 0 Å². The molecule has 0 radical (unpaired) electrons. The van der Waals surface area contributed by atoms with Crippen molar-refractivity contribution in [3.63, 3.8) is 0 Å². The van der Waals surface area contributed by atoms with Gasteiger partial charge in [-0.3, -0.25) is 4.79 Å². The Balaban J connectivity index is 2.16. The smallest absolute Gasteiger partial charge is 0.304 e. The lowest BCUT2D eigenvalue weighted by Gasteiger charge is -2.04. The van der Waals surface area contributed by atoms with Crippen LogP contribution in [0.5, 0.6) is 0 Å². The van der Waals surface area contributed by atoms with Crippen LogP contribution in [0.2, 0.25) is 0 Å². The Bertz CT molecular complexity index is 550. The van der Waals surface area contributed by atoms with Gasteiger partial charge in [0.05, 0.1) is 17.5 Å². The molecule has 0 bridgehead atoms. The molecule has 0 aliphatic rings. The highest BCUT2D eigenvalue weighted by molar-refractivity contribution is 7.99. The average molecular weight is 250 g/mol. The predicted molar refractivity (Wildman–Crippen MR) is 68.4 cm³/mol. The van der Waals surface area contributed by atoms with Crippen molar-refractivity contribution >= 4 is 28.8 Å². The summed E-state index contributed by atoms with van der Waals surface area (Å²) in [7, 11) is 0. The second-order valence-electron chi connectivity index (χ2n) is 4.09. The number of benzene rings is 1. The van der Waals surface area contributed by atoms with Crippen molar-refractivity contribution in [2.75, 3.05) is 0 Å². The molecule has 90 valence electrons. The number of aromatic nitrogens is 2. The van der Waals surface area contributed by atoms with E-state index >= 15 is 0 Å². The molecule has 1 unspecified atom stereocenters. The number of aryl methyl sites for hydroxylation is 1. The van der Waals surface area contributed by atoms with Crippen LogP contribution in [-0.2, 0) is 4.79 Å². The number of nitrogens with zero attached hydrogens (tertiary/aromatic N) is 1. The van der Waals surface area contributed by atoms with Gasteiger partial charge in [0.25, 0.3) is 0 Å². The van der Waals surface area contributed by atoms with E-state index in [1.54, 1.807) is 0 Å².